The van der Waals surface area contributed by atoms with Crippen LogP contribution in [0.3, 0.4) is 0 Å². The van der Waals surface area contributed by atoms with Crippen molar-refractivity contribution in [2.75, 3.05) is 0 Å². The predicted octanol–water partition coefficient (Wildman–Crippen LogP) is -2.86. The molecule has 0 spiro atoms. The van der Waals surface area contributed by atoms with Crippen molar-refractivity contribution >= 4 is 5.97 Å². The van der Waals surface area contributed by atoms with Crippen LogP contribution in [0.4, 0.5) is 0 Å². The summed E-state index contributed by atoms with van der Waals surface area (Å²) in [6.07, 6.45) is 2.83. The van der Waals surface area contributed by atoms with Gasteiger partial charge in [0.25, 0.3) is 0 Å². The Bertz CT molecular complexity index is 334. The fraction of sp³-hybridized carbons (Fsp3) is 0.444. The van der Waals surface area contributed by atoms with Gasteiger partial charge in [-0.3, -0.25) is 9.97 Å². The van der Waals surface area contributed by atoms with Gasteiger partial charge in [-0.15, -0.1) is 0 Å². The molecule has 0 saturated heterocycles. The van der Waals surface area contributed by atoms with E-state index in [-0.39, 0.29) is 40.7 Å². The number of hydrogen-bond donors (Lipinski definition) is 0. The maximum atomic E-state index is 10.7. The SMILES string of the molecule is CC(C)(C)c1nccnc1C(=O)[O-].[Na+]. The number of carbonyl (C=O) groups excluding carboxylic acids is 1. The van der Waals surface area contributed by atoms with E-state index in [2.05, 4.69) is 9.97 Å². The van der Waals surface area contributed by atoms with Gasteiger partial charge in [-0.25, -0.2) is 0 Å². The summed E-state index contributed by atoms with van der Waals surface area (Å²) in [5.41, 5.74) is 0.0499. The first-order valence-electron chi connectivity index (χ1n) is 3.96. The number of carboxylic acids is 1. The molecule has 0 atom stereocenters. The molecule has 14 heavy (non-hydrogen) atoms. The summed E-state index contributed by atoms with van der Waals surface area (Å²) in [4.78, 5) is 18.4. The molecular weight excluding hydrogens is 191 g/mol. The molecule has 1 rings (SSSR count). The van der Waals surface area contributed by atoms with Crippen molar-refractivity contribution < 1.29 is 39.5 Å². The van der Waals surface area contributed by atoms with Crippen molar-refractivity contribution in [2.24, 2.45) is 0 Å². The molecule has 4 nitrogen and oxygen atoms in total. The summed E-state index contributed by atoms with van der Waals surface area (Å²) >= 11 is 0. The first-order chi connectivity index (χ1) is 5.93. The number of aromatic nitrogens is 2. The maximum Gasteiger partial charge on any atom is 1.00 e. The molecular formula is C9H11N2NaO2. The standard InChI is InChI=1S/C9H12N2O2.Na/c1-9(2,3)7-6(8(12)13)10-4-5-11-7;/h4-5H,1-3H3,(H,12,13);/q;+1/p-1. The van der Waals surface area contributed by atoms with Crippen LogP contribution in [0.1, 0.15) is 37.0 Å². The van der Waals surface area contributed by atoms with Crippen LogP contribution >= 0.6 is 0 Å². The van der Waals surface area contributed by atoms with Crippen LogP contribution in [-0.2, 0) is 5.41 Å². The number of rotatable bonds is 1. The normalized spacial score (nSPS) is 10.5. The van der Waals surface area contributed by atoms with Gasteiger partial charge in [0, 0.05) is 17.8 Å². The second-order valence-corrected chi connectivity index (χ2v) is 3.79. The largest absolute Gasteiger partial charge is 1.00 e. The summed E-state index contributed by atoms with van der Waals surface area (Å²) in [7, 11) is 0. The molecule has 0 amide bonds. The summed E-state index contributed by atoms with van der Waals surface area (Å²) in [6.45, 7) is 5.64. The van der Waals surface area contributed by atoms with Crippen molar-refractivity contribution in [2.45, 2.75) is 26.2 Å². The summed E-state index contributed by atoms with van der Waals surface area (Å²) in [5, 5.41) is 10.7. The second-order valence-electron chi connectivity index (χ2n) is 3.79. The van der Waals surface area contributed by atoms with E-state index in [1.165, 1.54) is 12.4 Å². The van der Waals surface area contributed by atoms with E-state index in [9.17, 15) is 9.90 Å². The number of aromatic carboxylic acids is 1. The van der Waals surface area contributed by atoms with Crippen LogP contribution in [0.25, 0.3) is 0 Å². The molecule has 5 heteroatoms. The monoisotopic (exact) mass is 202 g/mol. The van der Waals surface area contributed by atoms with E-state index in [4.69, 9.17) is 0 Å². The van der Waals surface area contributed by atoms with Crippen molar-refractivity contribution in [3.63, 3.8) is 0 Å². The first kappa shape index (κ1) is 13.5. The molecule has 0 aliphatic carbocycles. The van der Waals surface area contributed by atoms with Crippen LogP contribution in [0.15, 0.2) is 12.4 Å². The van der Waals surface area contributed by atoms with Gasteiger partial charge in [0.05, 0.1) is 11.7 Å². The molecule has 1 aromatic rings. The van der Waals surface area contributed by atoms with Crippen molar-refractivity contribution in [1.82, 2.24) is 9.97 Å². The van der Waals surface area contributed by atoms with Crippen LogP contribution in [0.5, 0.6) is 0 Å². The average molecular weight is 202 g/mol. The van der Waals surface area contributed by atoms with Crippen molar-refractivity contribution in [1.29, 1.82) is 0 Å². The third kappa shape index (κ3) is 3.04. The Hall–Kier alpha value is -0.450. The number of nitrogens with zero attached hydrogens (tertiary/aromatic N) is 2. The first-order valence-corrected chi connectivity index (χ1v) is 3.96. The fourth-order valence-electron chi connectivity index (χ4n) is 1.04. The fourth-order valence-corrected chi connectivity index (χ4v) is 1.04. The third-order valence-corrected chi connectivity index (χ3v) is 1.60. The summed E-state index contributed by atoms with van der Waals surface area (Å²) in [5.74, 6) is -1.28. The molecule has 0 radical (unpaired) electrons. The predicted molar refractivity (Wildman–Crippen MR) is 45.1 cm³/mol. The minimum Gasteiger partial charge on any atom is -0.543 e. The average Bonchev–Trinajstić information content (AvgIpc) is 2.03. The van der Waals surface area contributed by atoms with E-state index in [1.807, 2.05) is 20.8 Å². The number of carbonyl (C=O) groups is 1. The van der Waals surface area contributed by atoms with Crippen LogP contribution in [0.2, 0.25) is 0 Å². The molecule has 0 saturated carbocycles. The van der Waals surface area contributed by atoms with Gasteiger partial charge in [-0.1, -0.05) is 20.8 Å². The van der Waals surface area contributed by atoms with Gasteiger partial charge < -0.3 is 9.90 Å². The minimum atomic E-state index is -1.28. The second kappa shape index (κ2) is 4.87. The van der Waals surface area contributed by atoms with Crippen LogP contribution in [0, 0.1) is 0 Å². The molecule has 70 valence electrons. The van der Waals surface area contributed by atoms with Gasteiger partial charge >= 0.3 is 29.6 Å². The van der Waals surface area contributed by atoms with E-state index in [0.717, 1.165) is 0 Å². The zero-order valence-electron chi connectivity index (χ0n) is 8.87. The molecule has 1 aromatic heterocycles. The van der Waals surface area contributed by atoms with E-state index in [0.29, 0.717) is 5.69 Å². The molecule has 0 bridgehead atoms. The third-order valence-electron chi connectivity index (χ3n) is 1.60. The van der Waals surface area contributed by atoms with Gasteiger partial charge in [0.2, 0.25) is 0 Å². The molecule has 0 aliphatic rings. The van der Waals surface area contributed by atoms with Gasteiger partial charge in [0.1, 0.15) is 5.69 Å². The van der Waals surface area contributed by atoms with Gasteiger partial charge in [-0.2, -0.15) is 0 Å². The van der Waals surface area contributed by atoms with E-state index < -0.39 is 5.97 Å². The van der Waals surface area contributed by atoms with Crippen LogP contribution in [-0.4, -0.2) is 15.9 Å². The Balaban J connectivity index is 0.00000169. The Labute approximate surface area is 105 Å². The molecule has 0 aliphatic heterocycles. The van der Waals surface area contributed by atoms with Crippen molar-refractivity contribution in [3.05, 3.63) is 23.8 Å². The molecule has 1 heterocycles. The Morgan fingerprint density at radius 3 is 2.14 bits per heavy atom. The Morgan fingerprint density at radius 2 is 1.79 bits per heavy atom. The Morgan fingerprint density at radius 1 is 1.29 bits per heavy atom. The van der Waals surface area contributed by atoms with E-state index >= 15 is 0 Å². The smallest absolute Gasteiger partial charge is 0.543 e. The summed E-state index contributed by atoms with van der Waals surface area (Å²) in [6, 6.07) is 0. The Kier molecular flexibility index (Phi) is 4.71. The maximum absolute atomic E-state index is 10.7. The number of carboxylic acid groups (broad SMARTS) is 1. The van der Waals surface area contributed by atoms with Crippen molar-refractivity contribution in [3.8, 4) is 0 Å². The van der Waals surface area contributed by atoms with Gasteiger partial charge in [-0.05, 0) is 0 Å². The quantitative estimate of drug-likeness (QED) is 0.459. The zero-order valence-corrected chi connectivity index (χ0v) is 10.9. The molecule has 0 fully saturated rings. The molecule has 0 N–H and O–H groups in total. The van der Waals surface area contributed by atoms with Crippen LogP contribution < -0.4 is 34.7 Å². The van der Waals surface area contributed by atoms with E-state index in [1.54, 1.807) is 0 Å². The number of hydrogen-bond acceptors (Lipinski definition) is 4. The minimum absolute atomic E-state index is 0. The van der Waals surface area contributed by atoms with Gasteiger partial charge in [0.15, 0.2) is 0 Å². The molecule has 0 unspecified atom stereocenters. The zero-order chi connectivity index (χ0) is 10.1. The summed E-state index contributed by atoms with van der Waals surface area (Å²) < 4.78 is 0. The molecule has 0 aromatic carbocycles. The topological polar surface area (TPSA) is 65.9 Å².